The highest BCUT2D eigenvalue weighted by Gasteiger charge is 2.19. The van der Waals surface area contributed by atoms with Gasteiger partial charge in [-0.15, -0.1) is 5.54 Å². The Bertz CT molecular complexity index is 641. The standard InChI is InChI=1S/C18H26N2O2Si/c1-14-13-20(10-9-19-14)16-7-6-15(8-11-23(3,4)5)17(12-16)18(21)22-2/h6-7,12,14,19H,9-10,13H2,1-5H3/t14-/m0/s1. The Morgan fingerprint density at radius 1 is 1.39 bits per heavy atom. The molecule has 1 aliphatic heterocycles. The zero-order chi connectivity index (χ0) is 17.0. The normalized spacial score (nSPS) is 18.1. The number of methoxy groups -OCH3 is 1. The number of esters is 1. The second-order valence-corrected chi connectivity index (χ2v) is 11.8. The van der Waals surface area contributed by atoms with Crippen LogP contribution in [0.1, 0.15) is 22.8 Å². The number of carbonyl (C=O) groups is 1. The van der Waals surface area contributed by atoms with E-state index in [1.807, 2.05) is 12.1 Å². The van der Waals surface area contributed by atoms with E-state index >= 15 is 0 Å². The van der Waals surface area contributed by atoms with E-state index in [0.29, 0.717) is 11.6 Å². The number of hydrogen-bond donors (Lipinski definition) is 1. The van der Waals surface area contributed by atoms with Crippen molar-refractivity contribution in [2.75, 3.05) is 31.6 Å². The number of hydrogen-bond acceptors (Lipinski definition) is 4. The van der Waals surface area contributed by atoms with Crippen LogP contribution >= 0.6 is 0 Å². The average Bonchev–Trinajstić information content (AvgIpc) is 2.51. The van der Waals surface area contributed by atoms with E-state index in [1.165, 1.54) is 7.11 Å². The molecule has 0 amide bonds. The third kappa shape index (κ3) is 4.85. The SMILES string of the molecule is COC(=O)c1cc(N2CCN[C@@H](C)C2)ccc1C#C[Si](C)(C)C. The highest BCUT2D eigenvalue weighted by atomic mass is 28.3. The van der Waals surface area contributed by atoms with Gasteiger partial charge >= 0.3 is 5.97 Å². The van der Waals surface area contributed by atoms with Crippen LogP contribution in [0, 0.1) is 11.5 Å². The molecule has 0 aliphatic carbocycles. The van der Waals surface area contributed by atoms with Crippen molar-refractivity contribution in [1.82, 2.24) is 5.32 Å². The van der Waals surface area contributed by atoms with E-state index in [1.54, 1.807) is 0 Å². The fourth-order valence-electron chi connectivity index (χ4n) is 2.54. The maximum absolute atomic E-state index is 12.1. The topological polar surface area (TPSA) is 41.6 Å². The third-order valence-electron chi connectivity index (χ3n) is 3.71. The van der Waals surface area contributed by atoms with Crippen LogP contribution in [0.15, 0.2) is 18.2 Å². The summed E-state index contributed by atoms with van der Waals surface area (Å²) in [4.78, 5) is 14.4. The molecule has 0 spiro atoms. The summed E-state index contributed by atoms with van der Waals surface area (Å²) in [6, 6.07) is 6.36. The molecule has 1 fully saturated rings. The molecule has 0 saturated carbocycles. The maximum atomic E-state index is 12.1. The smallest absolute Gasteiger partial charge is 0.339 e. The molecule has 0 radical (unpaired) electrons. The Morgan fingerprint density at radius 2 is 2.13 bits per heavy atom. The number of rotatable bonds is 2. The van der Waals surface area contributed by atoms with Crippen molar-refractivity contribution < 1.29 is 9.53 Å². The van der Waals surface area contributed by atoms with Crippen LogP contribution in [-0.4, -0.2) is 46.8 Å². The Morgan fingerprint density at radius 3 is 2.74 bits per heavy atom. The van der Waals surface area contributed by atoms with Crippen LogP contribution in [-0.2, 0) is 4.74 Å². The summed E-state index contributed by atoms with van der Waals surface area (Å²) in [5, 5.41) is 3.43. The largest absolute Gasteiger partial charge is 0.465 e. The van der Waals surface area contributed by atoms with Crippen molar-refractivity contribution in [1.29, 1.82) is 0 Å². The molecule has 1 heterocycles. The van der Waals surface area contributed by atoms with E-state index in [4.69, 9.17) is 4.74 Å². The van der Waals surface area contributed by atoms with Crippen molar-refractivity contribution in [3.8, 4) is 11.5 Å². The molecule has 1 aliphatic rings. The van der Waals surface area contributed by atoms with Gasteiger partial charge in [-0.3, -0.25) is 0 Å². The van der Waals surface area contributed by atoms with E-state index in [2.05, 4.69) is 54.3 Å². The number of carbonyl (C=O) groups excluding carboxylic acids is 1. The Hall–Kier alpha value is -1.77. The summed E-state index contributed by atoms with van der Waals surface area (Å²) < 4.78 is 4.95. The van der Waals surface area contributed by atoms with Crippen LogP contribution in [0.25, 0.3) is 0 Å². The first-order chi connectivity index (χ1) is 10.8. The van der Waals surface area contributed by atoms with Gasteiger partial charge in [0, 0.05) is 36.9 Å². The number of nitrogens with zero attached hydrogens (tertiary/aromatic N) is 1. The molecule has 0 aromatic heterocycles. The summed E-state index contributed by atoms with van der Waals surface area (Å²) in [7, 11) is -0.0805. The van der Waals surface area contributed by atoms with Crippen molar-refractivity contribution in [3.05, 3.63) is 29.3 Å². The lowest BCUT2D eigenvalue weighted by molar-refractivity contribution is 0.0600. The molecule has 5 heteroatoms. The predicted molar refractivity (Wildman–Crippen MR) is 97.7 cm³/mol. The number of ether oxygens (including phenoxy) is 1. The van der Waals surface area contributed by atoms with Gasteiger partial charge in [-0.05, 0) is 25.1 Å². The van der Waals surface area contributed by atoms with Crippen molar-refractivity contribution >= 4 is 19.7 Å². The molecule has 0 unspecified atom stereocenters. The molecule has 1 aromatic carbocycles. The number of anilines is 1. The highest BCUT2D eigenvalue weighted by Crippen LogP contribution is 2.21. The third-order valence-corrected chi connectivity index (χ3v) is 4.59. The molecule has 4 nitrogen and oxygen atoms in total. The maximum Gasteiger partial charge on any atom is 0.339 e. The molecule has 23 heavy (non-hydrogen) atoms. The van der Waals surface area contributed by atoms with Crippen LogP contribution in [0.2, 0.25) is 19.6 Å². The number of piperazine rings is 1. The lowest BCUT2D eigenvalue weighted by atomic mass is 10.1. The van der Waals surface area contributed by atoms with Crippen molar-refractivity contribution in [2.45, 2.75) is 32.6 Å². The fraction of sp³-hybridized carbons (Fsp3) is 0.500. The van der Waals surface area contributed by atoms with E-state index in [0.717, 1.165) is 30.9 Å². The predicted octanol–water partition coefficient (Wildman–Crippen LogP) is 2.50. The van der Waals surface area contributed by atoms with Crippen LogP contribution < -0.4 is 10.2 Å². The monoisotopic (exact) mass is 330 g/mol. The van der Waals surface area contributed by atoms with Gasteiger partial charge in [0.2, 0.25) is 0 Å². The van der Waals surface area contributed by atoms with Crippen LogP contribution in [0.4, 0.5) is 5.69 Å². The second-order valence-electron chi connectivity index (χ2n) is 7.02. The summed E-state index contributed by atoms with van der Waals surface area (Å²) in [5.41, 5.74) is 5.69. The van der Waals surface area contributed by atoms with E-state index in [-0.39, 0.29) is 5.97 Å². The summed E-state index contributed by atoms with van der Waals surface area (Å²) in [5.74, 6) is 2.86. The molecule has 1 N–H and O–H groups in total. The van der Waals surface area contributed by atoms with Gasteiger partial charge in [-0.25, -0.2) is 4.79 Å². The zero-order valence-corrected chi connectivity index (χ0v) is 15.7. The zero-order valence-electron chi connectivity index (χ0n) is 14.7. The van der Waals surface area contributed by atoms with Gasteiger partial charge in [0.15, 0.2) is 0 Å². The number of nitrogens with one attached hydrogen (secondary N) is 1. The van der Waals surface area contributed by atoms with Crippen LogP contribution in [0.5, 0.6) is 0 Å². The molecule has 1 saturated heterocycles. The summed E-state index contributed by atoms with van der Waals surface area (Å²) in [6.45, 7) is 11.6. The molecule has 124 valence electrons. The van der Waals surface area contributed by atoms with Crippen molar-refractivity contribution in [2.24, 2.45) is 0 Å². The minimum absolute atomic E-state index is 0.324. The molecule has 0 bridgehead atoms. The Labute approximate surface area is 140 Å². The lowest BCUT2D eigenvalue weighted by Gasteiger charge is -2.33. The van der Waals surface area contributed by atoms with Gasteiger partial charge in [0.1, 0.15) is 8.07 Å². The molecular formula is C18H26N2O2Si. The van der Waals surface area contributed by atoms with Gasteiger partial charge in [0.05, 0.1) is 12.7 Å². The Balaban J connectivity index is 2.37. The number of benzene rings is 1. The summed E-state index contributed by atoms with van der Waals surface area (Å²) >= 11 is 0. The highest BCUT2D eigenvalue weighted by molar-refractivity contribution is 6.83. The second kappa shape index (κ2) is 7.20. The van der Waals surface area contributed by atoms with E-state index < -0.39 is 8.07 Å². The minimum atomic E-state index is -1.49. The molecule has 1 aromatic rings. The van der Waals surface area contributed by atoms with Gasteiger partial charge in [-0.1, -0.05) is 25.6 Å². The molecule has 1 atom stereocenters. The van der Waals surface area contributed by atoms with E-state index in [9.17, 15) is 4.79 Å². The van der Waals surface area contributed by atoms with Gasteiger partial charge in [-0.2, -0.15) is 0 Å². The first kappa shape index (κ1) is 17.6. The molecular weight excluding hydrogens is 304 g/mol. The van der Waals surface area contributed by atoms with Gasteiger partial charge in [0.25, 0.3) is 0 Å². The Kier molecular flexibility index (Phi) is 5.50. The minimum Gasteiger partial charge on any atom is -0.465 e. The van der Waals surface area contributed by atoms with Crippen LogP contribution in [0.3, 0.4) is 0 Å². The first-order valence-corrected chi connectivity index (χ1v) is 11.5. The average molecular weight is 331 g/mol. The molecule has 2 rings (SSSR count). The van der Waals surface area contributed by atoms with Gasteiger partial charge < -0.3 is 15.0 Å². The van der Waals surface area contributed by atoms with Crippen molar-refractivity contribution in [3.63, 3.8) is 0 Å². The summed E-state index contributed by atoms with van der Waals surface area (Å²) in [6.07, 6.45) is 0. The lowest BCUT2D eigenvalue weighted by Crippen LogP contribution is -2.49. The quantitative estimate of drug-likeness (QED) is 0.514. The fourth-order valence-corrected chi connectivity index (χ4v) is 3.05. The first-order valence-electron chi connectivity index (χ1n) is 8.04.